The molecule has 0 saturated heterocycles. The number of likely N-dealkylation sites (N-methyl/N-ethyl adjacent to an activating group) is 1. The molecule has 0 saturated carbocycles. The molecular weight excluding hydrogens is 434 g/mol. The van der Waals surface area contributed by atoms with Gasteiger partial charge in [-0.25, -0.2) is 0 Å². The van der Waals surface area contributed by atoms with E-state index >= 15 is 0 Å². The van der Waals surface area contributed by atoms with E-state index in [1.54, 1.807) is 24.3 Å². The maximum Gasteiger partial charge on any atom is 0.253 e. The number of amides is 2. The van der Waals surface area contributed by atoms with Crippen molar-refractivity contribution in [2.24, 2.45) is 0 Å². The molecule has 33 heavy (non-hydrogen) atoms. The van der Waals surface area contributed by atoms with Gasteiger partial charge in [-0.2, -0.15) is 0 Å². The van der Waals surface area contributed by atoms with Crippen molar-refractivity contribution in [3.63, 3.8) is 0 Å². The first kappa shape index (κ1) is 24.5. The van der Waals surface area contributed by atoms with Gasteiger partial charge in [-0.05, 0) is 43.8 Å². The van der Waals surface area contributed by atoms with E-state index in [9.17, 15) is 9.59 Å². The van der Waals surface area contributed by atoms with Gasteiger partial charge in [0.15, 0.2) is 0 Å². The van der Waals surface area contributed by atoms with Crippen molar-refractivity contribution in [3.8, 4) is 0 Å². The molecule has 0 bridgehead atoms. The third-order valence-electron chi connectivity index (χ3n) is 5.59. The minimum atomic E-state index is -0.470. The molecule has 5 nitrogen and oxygen atoms in total. The Kier molecular flexibility index (Phi) is 9.04. The van der Waals surface area contributed by atoms with Crippen LogP contribution in [0.2, 0.25) is 5.02 Å². The highest BCUT2D eigenvalue weighted by atomic mass is 35.5. The van der Waals surface area contributed by atoms with E-state index < -0.39 is 6.04 Å². The molecule has 0 aliphatic carbocycles. The van der Waals surface area contributed by atoms with Crippen molar-refractivity contribution in [1.82, 2.24) is 15.5 Å². The van der Waals surface area contributed by atoms with Crippen LogP contribution in [0.3, 0.4) is 0 Å². The zero-order chi connectivity index (χ0) is 23.6. The van der Waals surface area contributed by atoms with Gasteiger partial charge < -0.3 is 15.5 Å². The molecule has 0 fully saturated rings. The maximum atomic E-state index is 12.9. The summed E-state index contributed by atoms with van der Waals surface area (Å²) < 4.78 is 0. The Balaban J connectivity index is 1.66. The van der Waals surface area contributed by atoms with E-state index in [2.05, 4.69) is 27.7 Å². The Bertz CT molecular complexity index is 1040. The van der Waals surface area contributed by atoms with Gasteiger partial charge in [0.1, 0.15) is 0 Å². The fraction of sp³-hybridized carbons (Fsp3) is 0.259. The van der Waals surface area contributed by atoms with Gasteiger partial charge in [0.25, 0.3) is 5.91 Å². The van der Waals surface area contributed by atoms with Crippen molar-refractivity contribution in [2.45, 2.75) is 24.9 Å². The van der Waals surface area contributed by atoms with Crippen LogP contribution in [0, 0.1) is 0 Å². The van der Waals surface area contributed by atoms with Crippen LogP contribution >= 0.6 is 11.6 Å². The average Bonchev–Trinajstić information content (AvgIpc) is 2.82. The van der Waals surface area contributed by atoms with Crippen LogP contribution in [0.4, 0.5) is 0 Å². The van der Waals surface area contributed by atoms with Crippen LogP contribution in [-0.2, 0) is 11.2 Å². The number of benzene rings is 3. The summed E-state index contributed by atoms with van der Waals surface area (Å²) in [4.78, 5) is 27.9. The van der Waals surface area contributed by atoms with Crippen molar-refractivity contribution in [3.05, 3.63) is 107 Å². The predicted molar refractivity (Wildman–Crippen MR) is 133 cm³/mol. The number of nitrogens with zero attached hydrogens (tertiary/aromatic N) is 1. The van der Waals surface area contributed by atoms with Crippen molar-refractivity contribution in [2.75, 3.05) is 20.6 Å². The van der Waals surface area contributed by atoms with Crippen molar-refractivity contribution < 1.29 is 9.59 Å². The highest BCUT2D eigenvalue weighted by Crippen LogP contribution is 2.20. The first-order chi connectivity index (χ1) is 15.9. The summed E-state index contributed by atoms with van der Waals surface area (Å²) >= 11 is 6.19. The summed E-state index contributed by atoms with van der Waals surface area (Å²) in [5.74, 6) is -0.430. The first-order valence-corrected chi connectivity index (χ1v) is 11.4. The molecular formula is C27H30ClN3O2. The number of carbonyl (C=O) groups excluding carboxylic acids is 2. The lowest BCUT2D eigenvalue weighted by Gasteiger charge is -2.25. The topological polar surface area (TPSA) is 61.4 Å². The Labute approximate surface area is 200 Å². The summed E-state index contributed by atoms with van der Waals surface area (Å²) in [6.07, 6.45) is 0.963. The van der Waals surface area contributed by atoms with Crippen molar-refractivity contribution in [1.29, 1.82) is 0 Å². The zero-order valence-corrected chi connectivity index (χ0v) is 19.8. The molecule has 2 atom stereocenters. The molecule has 172 valence electrons. The van der Waals surface area contributed by atoms with Gasteiger partial charge in [-0.15, -0.1) is 0 Å². The second-order valence-electron chi connectivity index (χ2n) is 8.23. The highest BCUT2D eigenvalue weighted by molar-refractivity contribution is 6.33. The third kappa shape index (κ3) is 7.45. The van der Waals surface area contributed by atoms with Gasteiger partial charge in [0, 0.05) is 12.6 Å². The molecule has 3 aromatic carbocycles. The molecule has 0 heterocycles. The summed E-state index contributed by atoms with van der Waals surface area (Å²) in [7, 11) is 4.02. The van der Waals surface area contributed by atoms with Gasteiger partial charge >= 0.3 is 0 Å². The molecule has 0 aliphatic heterocycles. The van der Waals surface area contributed by atoms with Gasteiger partial charge in [0.05, 0.1) is 23.0 Å². The van der Waals surface area contributed by atoms with Crippen LogP contribution in [0.5, 0.6) is 0 Å². The fourth-order valence-corrected chi connectivity index (χ4v) is 3.85. The lowest BCUT2D eigenvalue weighted by atomic mass is 10.0. The van der Waals surface area contributed by atoms with E-state index in [0.717, 1.165) is 12.0 Å². The van der Waals surface area contributed by atoms with Crippen LogP contribution < -0.4 is 10.6 Å². The quantitative estimate of drug-likeness (QED) is 0.465. The normalized spacial score (nSPS) is 12.7. The summed E-state index contributed by atoms with van der Waals surface area (Å²) in [6, 6.07) is 26.3. The zero-order valence-electron chi connectivity index (χ0n) is 19.0. The van der Waals surface area contributed by atoms with Crippen LogP contribution in [0.15, 0.2) is 84.9 Å². The summed E-state index contributed by atoms with van der Waals surface area (Å²) in [5.41, 5.74) is 2.47. The fourth-order valence-electron chi connectivity index (χ4n) is 3.63. The second kappa shape index (κ2) is 12.2. The average molecular weight is 464 g/mol. The molecule has 0 aliphatic rings. The first-order valence-electron chi connectivity index (χ1n) is 11.0. The molecule has 3 aromatic rings. The number of hydrogen-bond acceptors (Lipinski definition) is 3. The molecule has 6 heteroatoms. The Morgan fingerprint density at radius 3 is 2.12 bits per heavy atom. The van der Waals surface area contributed by atoms with Crippen LogP contribution in [0.1, 0.15) is 33.9 Å². The standard InChI is InChI=1S/C27H30ClN3O2/c1-31(2)22(17-20-11-5-3-6-12-20)19-29-26(32)18-25(21-13-7-4-8-14-21)30-27(33)23-15-9-10-16-24(23)28/h3-16,22,25H,17-19H2,1-2H3,(H,29,32)(H,30,33). The maximum absolute atomic E-state index is 12.9. The van der Waals surface area contributed by atoms with E-state index in [1.165, 1.54) is 5.56 Å². The molecule has 2 amide bonds. The Hall–Kier alpha value is -3.15. The van der Waals surface area contributed by atoms with Gasteiger partial charge in [-0.3, -0.25) is 9.59 Å². The number of hydrogen-bond donors (Lipinski definition) is 2. The predicted octanol–water partition coefficient (Wildman–Crippen LogP) is 4.49. The van der Waals surface area contributed by atoms with E-state index in [1.807, 2.05) is 62.6 Å². The largest absolute Gasteiger partial charge is 0.354 e. The number of rotatable bonds is 10. The van der Waals surface area contributed by atoms with Crippen LogP contribution in [0.25, 0.3) is 0 Å². The number of carbonyl (C=O) groups is 2. The molecule has 2 N–H and O–H groups in total. The lowest BCUT2D eigenvalue weighted by molar-refractivity contribution is -0.121. The molecule has 3 rings (SSSR count). The molecule has 0 aromatic heterocycles. The van der Waals surface area contributed by atoms with Crippen LogP contribution in [-0.4, -0.2) is 43.4 Å². The van der Waals surface area contributed by atoms with E-state index in [4.69, 9.17) is 11.6 Å². The van der Waals surface area contributed by atoms with E-state index in [0.29, 0.717) is 17.1 Å². The third-order valence-corrected chi connectivity index (χ3v) is 5.92. The second-order valence-corrected chi connectivity index (χ2v) is 8.64. The monoisotopic (exact) mass is 463 g/mol. The van der Waals surface area contributed by atoms with E-state index in [-0.39, 0.29) is 24.3 Å². The molecule has 0 spiro atoms. The Morgan fingerprint density at radius 1 is 0.879 bits per heavy atom. The lowest BCUT2D eigenvalue weighted by Crippen LogP contribution is -2.42. The highest BCUT2D eigenvalue weighted by Gasteiger charge is 2.21. The molecule has 0 radical (unpaired) electrons. The minimum Gasteiger partial charge on any atom is -0.354 e. The summed E-state index contributed by atoms with van der Waals surface area (Å²) in [5, 5.41) is 6.40. The minimum absolute atomic E-state index is 0.122. The summed E-state index contributed by atoms with van der Waals surface area (Å²) in [6.45, 7) is 0.515. The molecule has 2 unspecified atom stereocenters. The number of nitrogens with one attached hydrogen (secondary N) is 2. The Morgan fingerprint density at radius 2 is 1.48 bits per heavy atom. The van der Waals surface area contributed by atoms with Crippen molar-refractivity contribution >= 4 is 23.4 Å². The van der Waals surface area contributed by atoms with Gasteiger partial charge in [-0.1, -0.05) is 84.4 Å². The van der Waals surface area contributed by atoms with Gasteiger partial charge in [0.2, 0.25) is 5.91 Å². The number of halogens is 1. The smallest absolute Gasteiger partial charge is 0.253 e. The SMILES string of the molecule is CN(C)C(CNC(=O)CC(NC(=O)c1ccccc1Cl)c1ccccc1)Cc1ccccc1.